The maximum atomic E-state index is 3.52. The fourth-order valence-corrected chi connectivity index (χ4v) is 2.51. The van der Waals surface area contributed by atoms with Crippen molar-refractivity contribution in [2.24, 2.45) is 0 Å². The second-order valence-electron chi connectivity index (χ2n) is 3.16. The lowest BCUT2D eigenvalue weighted by molar-refractivity contribution is 0.324. The molecule has 2 nitrogen and oxygen atoms in total. The number of rotatable bonds is 3. The molecule has 0 aliphatic heterocycles. The maximum Gasteiger partial charge on any atom is 0.0316 e. The SMILES string of the molecule is CCN[C@@H]1CCCC[C@H]1NI. The summed E-state index contributed by atoms with van der Waals surface area (Å²) in [5.74, 6) is 0. The topological polar surface area (TPSA) is 24.1 Å². The predicted octanol–water partition coefficient (Wildman–Crippen LogP) is 1.85. The first-order valence-corrected chi connectivity index (χ1v) is 5.56. The van der Waals surface area contributed by atoms with Gasteiger partial charge in [0.1, 0.15) is 0 Å². The van der Waals surface area contributed by atoms with E-state index in [1.54, 1.807) is 0 Å². The van der Waals surface area contributed by atoms with Crippen LogP contribution in [0.5, 0.6) is 0 Å². The molecule has 1 saturated carbocycles. The molecule has 0 amide bonds. The Morgan fingerprint density at radius 3 is 2.45 bits per heavy atom. The Labute approximate surface area is 83.0 Å². The van der Waals surface area contributed by atoms with Gasteiger partial charge in [-0.2, -0.15) is 0 Å². The molecule has 0 aromatic rings. The molecular formula is C8H17IN2. The minimum atomic E-state index is 0.698. The Kier molecular flexibility index (Phi) is 4.71. The summed E-state index contributed by atoms with van der Waals surface area (Å²) < 4.78 is 3.35. The van der Waals surface area contributed by atoms with Gasteiger partial charge in [-0.25, -0.2) is 0 Å². The highest BCUT2D eigenvalue weighted by Crippen LogP contribution is 2.18. The van der Waals surface area contributed by atoms with E-state index in [1.807, 2.05) is 0 Å². The highest BCUT2D eigenvalue weighted by Gasteiger charge is 2.22. The van der Waals surface area contributed by atoms with E-state index >= 15 is 0 Å². The van der Waals surface area contributed by atoms with E-state index in [0.29, 0.717) is 12.1 Å². The van der Waals surface area contributed by atoms with Gasteiger partial charge < -0.3 is 5.32 Å². The molecule has 0 bridgehead atoms. The first-order valence-electron chi connectivity index (χ1n) is 4.48. The van der Waals surface area contributed by atoms with Crippen LogP contribution in [0.2, 0.25) is 0 Å². The molecule has 66 valence electrons. The van der Waals surface area contributed by atoms with Gasteiger partial charge in [0.05, 0.1) is 0 Å². The van der Waals surface area contributed by atoms with Gasteiger partial charge in [0.15, 0.2) is 0 Å². The van der Waals surface area contributed by atoms with E-state index in [1.165, 1.54) is 25.7 Å². The fourth-order valence-electron chi connectivity index (χ4n) is 1.77. The van der Waals surface area contributed by atoms with Crippen LogP contribution in [0.15, 0.2) is 0 Å². The molecule has 1 aliphatic carbocycles. The highest BCUT2D eigenvalue weighted by molar-refractivity contribution is 14.1. The average Bonchev–Trinajstić information content (AvgIpc) is 2.06. The van der Waals surface area contributed by atoms with E-state index < -0.39 is 0 Å². The van der Waals surface area contributed by atoms with Crippen LogP contribution >= 0.6 is 22.9 Å². The lowest BCUT2D eigenvalue weighted by atomic mass is 9.91. The molecule has 1 fully saturated rings. The summed E-state index contributed by atoms with van der Waals surface area (Å²) in [6, 6.07) is 1.41. The molecule has 2 atom stereocenters. The monoisotopic (exact) mass is 268 g/mol. The smallest absolute Gasteiger partial charge is 0.0316 e. The Bertz CT molecular complexity index is 106. The zero-order valence-corrected chi connectivity index (χ0v) is 9.23. The third-order valence-electron chi connectivity index (χ3n) is 2.37. The molecule has 0 saturated heterocycles. The number of hydrogen-bond donors (Lipinski definition) is 2. The third kappa shape index (κ3) is 2.87. The number of hydrogen-bond acceptors (Lipinski definition) is 2. The summed E-state index contributed by atoms with van der Waals surface area (Å²) >= 11 is 2.27. The van der Waals surface area contributed by atoms with E-state index in [2.05, 4.69) is 38.6 Å². The van der Waals surface area contributed by atoms with Crippen molar-refractivity contribution < 1.29 is 0 Å². The molecule has 1 aliphatic rings. The van der Waals surface area contributed by atoms with Crippen molar-refractivity contribution in [3.63, 3.8) is 0 Å². The lowest BCUT2D eigenvalue weighted by Gasteiger charge is -2.30. The maximum absolute atomic E-state index is 3.52. The normalized spacial score (nSPS) is 32.2. The van der Waals surface area contributed by atoms with Crippen LogP contribution in [0.25, 0.3) is 0 Å². The summed E-state index contributed by atoms with van der Waals surface area (Å²) in [5.41, 5.74) is 0. The molecule has 0 aromatic heterocycles. The van der Waals surface area contributed by atoms with Crippen molar-refractivity contribution >= 4 is 22.9 Å². The van der Waals surface area contributed by atoms with Gasteiger partial charge in [0.25, 0.3) is 0 Å². The van der Waals surface area contributed by atoms with Crippen molar-refractivity contribution in [3.05, 3.63) is 0 Å². The van der Waals surface area contributed by atoms with Crippen LogP contribution in [-0.4, -0.2) is 18.6 Å². The molecular weight excluding hydrogens is 251 g/mol. The lowest BCUT2D eigenvalue weighted by Crippen LogP contribution is -2.46. The molecule has 0 heterocycles. The number of nitrogens with one attached hydrogen (secondary N) is 2. The van der Waals surface area contributed by atoms with Gasteiger partial charge in [-0.3, -0.25) is 3.53 Å². The standard InChI is InChI=1S/C8H17IN2/c1-2-10-7-5-3-4-6-8(7)11-9/h7-8,10-11H,2-6H2,1H3/t7-,8-/m1/s1. The second-order valence-corrected chi connectivity index (χ2v) is 3.79. The van der Waals surface area contributed by atoms with E-state index in [9.17, 15) is 0 Å². The van der Waals surface area contributed by atoms with E-state index in [-0.39, 0.29) is 0 Å². The first-order chi connectivity index (χ1) is 5.38. The van der Waals surface area contributed by atoms with Crippen molar-refractivity contribution in [1.82, 2.24) is 8.85 Å². The van der Waals surface area contributed by atoms with E-state index in [0.717, 1.165) is 6.54 Å². The zero-order valence-electron chi connectivity index (χ0n) is 7.07. The summed E-state index contributed by atoms with van der Waals surface area (Å²) in [4.78, 5) is 0. The molecule has 2 N–H and O–H groups in total. The van der Waals surface area contributed by atoms with Crippen molar-refractivity contribution in [1.29, 1.82) is 0 Å². The van der Waals surface area contributed by atoms with Crippen LogP contribution < -0.4 is 8.85 Å². The van der Waals surface area contributed by atoms with Gasteiger partial charge in [-0.15, -0.1) is 0 Å². The first kappa shape index (κ1) is 9.74. The number of likely N-dealkylation sites (N-methyl/N-ethyl adjacent to an activating group) is 1. The van der Waals surface area contributed by atoms with Crippen LogP contribution in [0.4, 0.5) is 0 Å². The Morgan fingerprint density at radius 2 is 1.91 bits per heavy atom. The Hall–Kier alpha value is 0.650. The molecule has 0 aromatic carbocycles. The summed E-state index contributed by atoms with van der Waals surface area (Å²) in [7, 11) is 0. The van der Waals surface area contributed by atoms with Gasteiger partial charge in [-0.1, -0.05) is 19.8 Å². The molecule has 0 radical (unpaired) electrons. The van der Waals surface area contributed by atoms with Crippen molar-refractivity contribution in [3.8, 4) is 0 Å². The van der Waals surface area contributed by atoms with Crippen LogP contribution in [0, 0.1) is 0 Å². The van der Waals surface area contributed by atoms with Crippen LogP contribution in [-0.2, 0) is 0 Å². The second kappa shape index (κ2) is 5.32. The average molecular weight is 268 g/mol. The molecule has 1 rings (SSSR count). The zero-order chi connectivity index (χ0) is 8.10. The minimum Gasteiger partial charge on any atom is -0.313 e. The van der Waals surface area contributed by atoms with Crippen molar-refractivity contribution in [2.45, 2.75) is 44.7 Å². The Balaban J connectivity index is 2.31. The predicted molar refractivity (Wildman–Crippen MR) is 56.9 cm³/mol. The minimum absolute atomic E-state index is 0.698. The quantitative estimate of drug-likeness (QED) is 0.603. The van der Waals surface area contributed by atoms with E-state index in [4.69, 9.17) is 0 Å². The molecule has 3 heteroatoms. The van der Waals surface area contributed by atoms with Crippen molar-refractivity contribution in [2.75, 3.05) is 6.54 Å². The largest absolute Gasteiger partial charge is 0.313 e. The Morgan fingerprint density at radius 1 is 1.27 bits per heavy atom. The number of halogens is 1. The van der Waals surface area contributed by atoms with Gasteiger partial charge >= 0.3 is 0 Å². The molecule has 0 unspecified atom stereocenters. The van der Waals surface area contributed by atoms with Gasteiger partial charge in [0.2, 0.25) is 0 Å². The summed E-state index contributed by atoms with van der Waals surface area (Å²) in [5, 5.41) is 3.52. The molecule has 0 spiro atoms. The third-order valence-corrected chi connectivity index (χ3v) is 3.17. The van der Waals surface area contributed by atoms with Crippen LogP contribution in [0.3, 0.4) is 0 Å². The summed E-state index contributed by atoms with van der Waals surface area (Å²) in [6.07, 6.45) is 5.46. The fraction of sp³-hybridized carbons (Fsp3) is 1.00. The summed E-state index contributed by atoms with van der Waals surface area (Å²) in [6.45, 7) is 3.28. The van der Waals surface area contributed by atoms with Crippen LogP contribution in [0.1, 0.15) is 32.6 Å². The highest BCUT2D eigenvalue weighted by atomic mass is 127. The molecule has 11 heavy (non-hydrogen) atoms. The van der Waals surface area contributed by atoms with Gasteiger partial charge in [-0.05, 0) is 19.4 Å². The van der Waals surface area contributed by atoms with Gasteiger partial charge in [0, 0.05) is 34.9 Å².